The molecule has 1 atom stereocenters. The van der Waals surface area contributed by atoms with Crippen LogP contribution in [0.2, 0.25) is 0 Å². The number of nitrogens with one attached hydrogen (secondary N) is 1. The van der Waals surface area contributed by atoms with E-state index in [0.29, 0.717) is 17.9 Å². The van der Waals surface area contributed by atoms with E-state index in [9.17, 15) is 18.0 Å². The van der Waals surface area contributed by atoms with Crippen LogP contribution in [-0.2, 0) is 26.2 Å². The fraction of sp³-hybridized carbons (Fsp3) is 0.462. The Balaban J connectivity index is 1.92. The van der Waals surface area contributed by atoms with E-state index in [1.165, 1.54) is 4.90 Å². The van der Waals surface area contributed by atoms with Crippen LogP contribution < -0.4 is 14.4 Å². The minimum Gasteiger partial charge on any atom is -0.497 e. The first-order valence-electron chi connectivity index (χ1n) is 12.1. The molecule has 1 N–H and O–H groups in total. The largest absolute Gasteiger partial charge is 0.497 e. The highest BCUT2D eigenvalue weighted by Gasteiger charge is 2.33. The van der Waals surface area contributed by atoms with Gasteiger partial charge in [-0.15, -0.1) is 0 Å². The van der Waals surface area contributed by atoms with Crippen molar-refractivity contribution in [2.45, 2.75) is 57.7 Å². The molecule has 0 aliphatic heterocycles. The van der Waals surface area contributed by atoms with E-state index in [2.05, 4.69) is 21.2 Å². The molecule has 0 bridgehead atoms. The number of hydrogen-bond donors (Lipinski definition) is 1. The number of carbonyl (C=O) groups is 2. The van der Waals surface area contributed by atoms with Crippen molar-refractivity contribution in [3.05, 3.63) is 58.6 Å². The first kappa shape index (κ1) is 28.0. The summed E-state index contributed by atoms with van der Waals surface area (Å²) in [4.78, 5) is 28.5. The third-order valence-corrected chi connectivity index (χ3v) is 8.04. The Morgan fingerprint density at radius 3 is 2.39 bits per heavy atom. The molecule has 10 heteroatoms. The Morgan fingerprint density at radius 2 is 1.81 bits per heavy atom. The number of benzene rings is 2. The van der Waals surface area contributed by atoms with Gasteiger partial charge >= 0.3 is 0 Å². The zero-order valence-electron chi connectivity index (χ0n) is 20.9. The predicted octanol–water partition coefficient (Wildman–Crippen LogP) is 4.09. The number of rotatable bonds is 11. The molecule has 0 spiro atoms. The number of sulfonamides is 1. The average Bonchev–Trinajstić information content (AvgIpc) is 3.35. The smallest absolute Gasteiger partial charge is 0.244 e. The molecule has 2 aromatic carbocycles. The maximum absolute atomic E-state index is 13.7. The number of carbonyl (C=O) groups excluding carboxylic acids is 2. The maximum atomic E-state index is 13.7. The Morgan fingerprint density at radius 1 is 1.14 bits per heavy atom. The lowest BCUT2D eigenvalue weighted by molar-refractivity contribution is -0.140. The number of hydrogen-bond acceptors (Lipinski definition) is 5. The van der Waals surface area contributed by atoms with E-state index < -0.39 is 28.5 Å². The lowest BCUT2D eigenvalue weighted by atomic mass is 10.1. The van der Waals surface area contributed by atoms with E-state index in [-0.39, 0.29) is 18.5 Å². The quantitative estimate of drug-likeness (QED) is 0.432. The van der Waals surface area contributed by atoms with Gasteiger partial charge in [-0.2, -0.15) is 0 Å². The van der Waals surface area contributed by atoms with Gasteiger partial charge in [0.2, 0.25) is 21.8 Å². The number of amides is 2. The summed E-state index contributed by atoms with van der Waals surface area (Å²) in [5, 5.41) is 3.10. The summed E-state index contributed by atoms with van der Waals surface area (Å²) in [5.74, 6) is -0.0363. The van der Waals surface area contributed by atoms with Crippen LogP contribution in [0.15, 0.2) is 53.0 Å². The van der Waals surface area contributed by atoms with Crippen LogP contribution >= 0.6 is 15.9 Å². The summed E-state index contributed by atoms with van der Waals surface area (Å²) >= 11 is 3.35. The molecule has 2 aromatic rings. The predicted molar refractivity (Wildman–Crippen MR) is 144 cm³/mol. The van der Waals surface area contributed by atoms with Crippen LogP contribution in [0.4, 0.5) is 5.69 Å². The molecule has 1 aliphatic rings. The van der Waals surface area contributed by atoms with E-state index >= 15 is 0 Å². The molecule has 0 radical (unpaired) electrons. The van der Waals surface area contributed by atoms with Gasteiger partial charge in [-0.05, 0) is 61.2 Å². The summed E-state index contributed by atoms with van der Waals surface area (Å²) in [5.41, 5.74) is 1.16. The van der Waals surface area contributed by atoms with Gasteiger partial charge in [-0.25, -0.2) is 8.42 Å². The lowest BCUT2D eigenvalue weighted by Gasteiger charge is -2.33. The average molecular weight is 581 g/mol. The van der Waals surface area contributed by atoms with Gasteiger partial charge in [-0.1, -0.05) is 47.8 Å². The zero-order valence-corrected chi connectivity index (χ0v) is 23.3. The molecule has 1 fully saturated rings. The monoisotopic (exact) mass is 579 g/mol. The molecule has 3 rings (SSSR count). The second-order valence-electron chi connectivity index (χ2n) is 9.03. The topological polar surface area (TPSA) is 96.0 Å². The van der Waals surface area contributed by atoms with Crippen molar-refractivity contribution in [1.82, 2.24) is 10.2 Å². The minimum atomic E-state index is -3.76. The number of ether oxygens (including phenoxy) is 1. The summed E-state index contributed by atoms with van der Waals surface area (Å²) in [7, 11) is -2.20. The SMILES string of the molecule is CCC(C(=O)NC1CCCC1)N(Cc1cccc(OC)c1)C(=O)CN(c1ccc(Br)cc1)S(C)(=O)=O. The first-order chi connectivity index (χ1) is 17.1. The van der Waals surface area contributed by atoms with E-state index in [0.717, 1.165) is 46.3 Å². The maximum Gasteiger partial charge on any atom is 0.244 e. The highest BCUT2D eigenvalue weighted by molar-refractivity contribution is 9.10. The molecule has 0 aromatic heterocycles. The fourth-order valence-electron chi connectivity index (χ4n) is 4.48. The van der Waals surface area contributed by atoms with E-state index in [4.69, 9.17) is 4.74 Å². The molecule has 1 unspecified atom stereocenters. The van der Waals surface area contributed by atoms with E-state index in [1.807, 2.05) is 25.1 Å². The van der Waals surface area contributed by atoms with Crippen molar-refractivity contribution < 1.29 is 22.7 Å². The molecule has 8 nitrogen and oxygen atoms in total. The number of nitrogens with zero attached hydrogens (tertiary/aromatic N) is 2. The molecule has 1 aliphatic carbocycles. The van der Waals surface area contributed by atoms with Crippen LogP contribution in [0.25, 0.3) is 0 Å². The number of methoxy groups -OCH3 is 1. The van der Waals surface area contributed by atoms with Crippen LogP contribution in [-0.4, -0.2) is 57.1 Å². The Hall–Kier alpha value is -2.59. The van der Waals surface area contributed by atoms with Crippen molar-refractivity contribution in [2.24, 2.45) is 0 Å². The van der Waals surface area contributed by atoms with Gasteiger partial charge in [0.1, 0.15) is 18.3 Å². The van der Waals surface area contributed by atoms with Crippen LogP contribution in [0, 0.1) is 0 Å². The zero-order chi connectivity index (χ0) is 26.3. The highest BCUT2D eigenvalue weighted by Crippen LogP contribution is 2.23. The van der Waals surface area contributed by atoms with Gasteiger partial charge in [0.25, 0.3) is 0 Å². The molecule has 196 valence electrons. The number of halogens is 1. The normalized spacial score (nSPS) is 14.8. The number of anilines is 1. The highest BCUT2D eigenvalue weighted by atomic mass is 79.9. The lowest BCUT2D eigenvalue weighted by Crippen LogP contribution is -2.53. The summed E-state index contributed by atoms with van der Waals surface area (Å²) in [6.45, 7) is 1.58. The van der Waals surface area contributed by atoms with Crippen molar-refractivity contribution in [1.29, 1.82) is 0 Å². The van der Waals surface area contributed by atoms with Gasteiger partial charge < -0.3 is 15.0 Å². The summed E-state index contributed by atoms with van der Waals surface area (Å²) in [6.07, 6.45) is 5.47. The second kappa shape index (κ2) is 12.6. The Bertz CT molecular complexity index is 1150. The van der Waals surface area contributed by atoms with Gasteiger partial charge in [0.15, 0.2) is 0 Å². The minimum absolute atomic E-state index is 0.107. The van der Waals surface area contributed by atoms with Crippen LogP contribution in [0.1, 0.15) is 44.6 Å². The molecule has 1 saturated carbocycles. The van der Waals surface area contributed by atoms with Crippen molar-refractivity contribution >= 4 is 43.5 Å². The molecular weight excluding hydrogens is 546 g/mol. The first-order valence-corrected chi connectivity index (χ1v) is 14.7. The van der Waals surface area contributed by atoms with Crippen molar-refractivity contribution in [2.75, 3.05) is 24.2 Å². The summed E-state index contributed by atoms with van der Waals surface area (Å²) < 4.78 is 32.5. The molecule has 0 saturated heterocycles. The fourth-order valence-corrected chi connectivity index (χ4v) is 5.59. The Kier molecular flexibility index (Phi) is 9.78. The Labute approximate surface area is 222 Å². The molecule has 2 amide bonds. The van der Waals surface area contributed by atoms with E-state index in [1.54, 1.807) is 37.4 Å². The van der Waals surface area contributed by atoms with Crippen molar-refractivity contribution in [3.8, 4) is 5.75 Å². The standard InChI is InChI=1S/C26H34BrN3O5S/c1-4-24(26(32)28-21-9-5-6-10-21)29(17-19-8-7-11-23(16-19)35-2)25(31)18-30(36(3,33)34)22-14-12-20(27)13-15-22/h7-8,11-16,21,24H,4-6,9-10,17-18H2,1-3H3,(H,28,32). The van der Waals surface area contributed by atoms with Gasteiger partial charge in [0, 0.05) is 17.1 Å². The molecule has 36 heavy (non-hydrogen) atoms. The van der Waals surface area contributed by atoms with Crippen LogP contribution in [0.3, 0.4) is 0 Å². The molecule has 0 heterocycles. The third-order valence-electron chi connectivity index (χ3n) is 6.37. The van der Waals surface area contributed by atoms with Crippen molar-refractivity contribution in [3.63, 3.8) is 0 Å². The third kappa shape index (κ3) is 7.46. The van der Waals surface area contributed by atoms with Crippen LogP contribution in [0.5, 0.6) is 5.75 Å². The molecular formula is C26H34BrN3O5S. The summed E-state index contributed by atoms with van der Waals surface area (Å²) in [6, 6.07) is 13.4. The second-order valence-corrected chi connectivity index (χ2v) is 11.9. The van der Waals surface area contributed by atoms with Gasteiger partial charge in [0.05, 0.1) is 19.1 Å². The van der Waals surface area contributed by atoms with Gasteiger partial charge in [-0.3, -0.25) is 13.9 Å².